The quantitative estimate of drug-likeness (QED) is 0.566. The highest BCUT2D eigenvalue weighted by atomic mass is 127. The van der Waals surface area contributed by atoms with Crippen LogP contribution in [0.4, 0.5) is 5.69 Å². The zero-order valence-electron chi connectivity index (χ0n) is 6.89. The van der Waals surface area contributed by atoms with Gasteiger partial charge in [-0.15, -0.1) is 0 Å². The Balaban J connectivity index is 2.26. The van der Waals surface area contributed by atoms with Gasteiger partial charge >= 0.3 is 0 Å². The van der Waals surface area contributed by atoms with Gasteiger partial charge in [-0.25, -0.2) is 0 Å². The lowest BCUT2D eigenvalue weighted by atomic mass is 10.1. The molecule has 0 spiro atoms. The number of hydrogen-bond acceptors (Lipinski definition) is 1. The molecule has 1 aliphatic rings. The Morgan fingerprint density at radius 1 is 1.33 bits per heavy atom. The number of nitrogens with one attached hydrogen (secondary N) is 1. The largest absolute Gasteiger partial charge is 0.384 e. The smallest absolute Gasteiger partial charge is 0.0373 e. The summed E-state index contributed by atoms with van der Waals surface area (Å²) in [6.45, 7) is 1.11. The molecule has 1 atom stereocenters. The van der Waals surface area contributed by atoms with Crippen molar-refractivity contribution in [2.45, 2.75) is 16.8 Å². The van der Waals surface area contributed by atoms with Crippen LogP contribution in [0.25, 0.3) is 0 Å². The predicted molar refractivity (Wildman–Crippen MR) is 61.1 cm³/mol. The van der Waals surface area contributed by atoms with Crippen molar-refractivity contribution in [1.82, 2.24) is 0 Å². The number of hydrogen-bond donors (Lipinski definition) is 1. The summed E-state index contributed by atoms with van der Waals surface area (Å²) < 4.78 is 0.773. The highest BCUT2D eigenvalue weighted by Gasteiger charge is 2.11. The Labute approximate surface area is 86.7 Å². The number of para-hydroxylation sites is 1. The SMILES string of the molecule is IC1CCc2ccccc2NC1. The Morgan fingerprint density at radius 3 is 3.08 bits per heavy atom. The number of alkyl halides is 1. The molecule has 2 heteroatoms. The standard InChI is InChI=1S/C10H12IN/c11-9-6-5-8-3-1-2-4-10(8)12-7-9/h1-4,9,12H,5-7H2. The fourth-order valence-electron chi connectivity index (χ4n) is 1.55. The highest BCUT2D eigenvalue weighted by Crippen LogP contribution is 2.23. The minimum atomic E-state index is 0.773. The molecule has 0 fully saturated rings. The van der Waals surface area contributed by atoms with Gasteiger partial charge in [0.2, 0.25) is 0 Å². The minimum absolute atomic E-state index is 0.773. The van der Waals surface area contributed by atoms with Gasteiger partial charge in [0.25, 0.3) is 0 Å². The first-order valence-electron chi connectivity index (χ1n) is 4.32. The molecule has 1 aromatic carbocycles. The third-order valence-corrected chi connectivity index (χ3v) is 3.32. The predicted octanol–water partition coefficient (Wildman–Crippen LogP) is 2.85. The van der Waals surface area contributed by atoms with E-state index in [0.717, 1.165) is 10.5 Å². The molecule has 0 radical (unpaired) electrons. The molecule has 1 N–H and O–H groups in total. The van der Waals surface area contributed by atoms with Crippen LogP contribution in [0.2, 0.25) is 0 Å². The van der Waals surface area contributed by atoms with E-state index in [1.807, 2.05) is 0 Å². The summed E-state index contributed by atoms with van der Waals surface area (Å²) in [4.78, 5) is 0. The second-order valence-electron chi connectivity index (χ2n) is 3.17. The molecule has 0 saturated heterocycles. The van der Waals surface area contributed by atoms with Gasteiger partial charge in [0.05, 0.1) is 0 Å². The van der Waals surface area contributed by atoms with E-state index in [4.69, 9.17) is 0 Å². The van der Waals surface area contributed by atoms with E-state index in [9.17, 15) is 0 Å². The van der Waals surface area contributed by atoms with Crippen molar-refractivity contribution in [1.29, 1.82) is 0 Å². The number of fused-ring (bicyclic) bond motifs is 1. The van der Waals surface area contributed by atoms with Gasteiger partial charge in [-0.2, -0.15) is 0 Å². The van der Waals surface area contributed by atoms with Crippen molar-refractivity contribution < 1.29 is 0 Å². The second-order valence-corrected chi connectivity index (χ2v) is 4.94. The van der Waals surface area contributed by atoms with Crippen LogP contribution in [0.1, 0.15) is 12.0 Å². The van der Waals surface area contributed by atoms with E-state index in [1.165, 1.54) is 24.1 Å². The summed E-state index contributed by atoms with van der Waals surface area (Å²) in [6.07, 6.45) is 2.52. The average Bonchev–Trinajstić information content (AvgIpc) is 2.29. The maximum atomic E-state index is 3.47. The minimum Gasteiger partial charge on any atom is -0.384 e. The number of anilines is 1. The molecule has 1 aliphatic heterocycles. The summed E-state index contributed by atoms with van der Waals surface area (Å²) in [5, 5.41) is 3.47. The van der Waals surface area contributed by atoms with Crippen LogP contribution in [-0.4, -0.2) is 10.5 Å². The van der Waals surface area contributed by atoms with Gasteiger partial charge < -0.3 is 5.32 Å². The Hall–Kier alpha value is -0.250. The van der Waals surface area contributed by atoms with Crippen molar-refractivity contribution in [3.8, 4) is 0 Å². The molecule has 0 amide bonds. The zero-order chi connectivity index (χ0) is 8.39. The van der Waals surface area contributed by atoms with Gasteiger partial charge in [-0.05, 0) is 24.5 Å². The molecule has 1 nitrogen and oxygen atoms in total. The third-order valence-electron chi connectivity index (χ3n) is 2.26. The maximum Gasteiger partial charge on any atom is 0.0373 e. The van der Waals surface area contributed by atoms with E-state index in [0.29, 0.717) is 0 Å². The van der Waals surface area contributed by atoms with E-state index >= 15 is 0 Å². The van der Waals surface area contributed by atoms with Crippen molar-refractivity contribution in [3.05, 3.63) is 29.8 Å². The first kappa shape index (κ1) is 8.35. The first-order chi connectivity index (χ1) is 5.86. The van der Waals surface area contributed by atoms with Gasteiger partial charge in [0.1, 0.15) is 0 Å². The summed E-state index contributed by atoms with van der Waals surface area (Å²) in [5.41, 5.74) is 2.80. The molecule has 2 rings (SSSR count). The van der Waals surface area contributed by atoms with Gasteiger partial charge in [0, 0.05) is 16.2 Å². The monoisotopic (exact) mass is 273 g/mol. The maximum absolute atomic E-state index is 3.47. The molecule has 1 aromatic rings. The zero-order valence-corrected chi connectivity index (χ0v) is 9.04. The van der Waals surface area contributed by atoms with Crippen LogP contribution in [0, 0.1) is 0 Å². The molecule has 0 aliphatic carbocycles. The summed E-state index contributed by atoms with van der Waals surface area (Å²) in [6, 6.07) is 8.61. The number of aryl methyl sites for hydroxylation is 1. The first-order valence-corrected chi connectivity index (χ1v) is 5.56. The van der Waals surface area contributed by atoms with Crippen LogP contribution in [0.15, 0.2) is 24.3 Å². The van der Waals surface area contributed by atoms with E-state index in [1.54, 1.807) is 0 Å². The average molecular weight is 273 g/mol. The molecule has 1 heterocycles. The Morgan fingerprint density at radius 2 is 2.17 bits per heavy atom. The number of rotatable bonds is 0. The normalized spacial score (nSPS) is 22.2. The Bertz CT molecular complexity index is 245. The number of benzene rings is 1. The molecular formula is C10H12IN. The van der Waals surface area contributed by atoms with E-state index in [-0.39, 0.29) is 0 Å². The highest BCUT2D eigenvalue weighted by molar-refractivity contribution is 14.1. The molecule has 0 saturated carbocycles. The number of halogens is 1. The van der Waals surface area contributed by atoms with Gasteiger partial charge in [-0.1, -0.05) is 40.8 Å². The van der Waals surface area contributed by atoms with Crippen LogP contribution < -0.4 is 5.32 Å². The van der Waals surface area contributed by atoms with E-state index < -0.39 is 0 Å². The Kier molecular flexibility index (Phi) is 2.54. The topological polar surface area (TPSA) is 12.0 Å². The third kappa shape index (κ3) is 1.73. The van der Waals surface area contributed by atoms with E-state index in [2.05, 4.69) is 52.2 Å². The molecular weight excluding hydrogens is 261 g/mol. The van der Waals surface area contributed by atoms with Crippen molar-refractivity contribution >= 4 is 28.3 Å². The molecule has 12 heavy (non-hydrogen) atoms. The lowest BCUT2D eigenvalue weighted by Gasteiger charge is -2.06. The molecule has 0 bridgehead atoms. The molecule has 64 valence electrons. The lowest BCUT2D eigenvalue weighted by Crippen LogP contribution is -2.10. The summed E-state index contributed by atoms with van der Waals surface area (Å²) >= 11 is 2.52. The van der Waals surface area contributed by atoms with Crippen LogP contribution >= 0.6 is 22.6 Å². The van der Waals surface area contributed by atoms with Gasteiger partial charge in [0.15, 0.2) is 0 Å². The fraction of sp³-hybridized carbons (Fsp3) is 0.400. The molecule has 1 unspecified atom stereocenters. The summed E-state index contributed by atoms with van der Waals surface area (Å²) in [7, 11) is 0. The van der Waals surface area contributed by atoms with Crippen molar-refractivity contribution in [2.75, 3.05) is 11.9 Å². The molecule has 0 aromatic heterocycles. The second kappa shape index (κ2) is 3.64. The fourth-order valence-corrected chi connectivity index (χ4v) is 2.08. The summed E-state index contributed by atoms with van der Waals surface area (Å²) in [5.74, 6) is 0. The van der Waals surface area contributed by atoms with Gasteiger partial charge in [-0.3, -0.25) is 0 Å². The lowest BCUT2D eigenvalue weighted by molar-refractivity contribution is 0.827. The van der Waals surface area contributed by atoms with Crippen molar-refractivity contribution in [2.24, 2.45) is 0 Å². The van der Waals surface area contributed by atoms with Crippen LogP contribution in [0.5, 0.6) is 0 Å². The van der Waals surface area contributed by atoms with Crippen molar-refractivity contribution in [3.63, 3.8) is 0 Å². The van der Waals surface area contributed by atoms with Crippen LogP contribution in [0.3, 0.4) is 0 Å². The van der Waals surface area contributed by atoms with Crippen LogP contribution in [-0.2, 0) is 6.42 Å².